The first-order chi connectivity index (χ1) is 52.4. The summed E-state index contributed by atoms with van der Waals surface area (Å²) in [5, 5.41) is 9.46. The van der Waals surface area contributed by atoms with Crippen molar-refractivity contribution in [2.45, 2.75) is 324 Å². The number of aliphatic hydroxyl groups is 1. The van der Waals surface area contributed by atoms with E-state index < -0.39 is 249 Å². The van der Waals surface area contributed by atoms with Gasteiger partial charge in [0.25, 0.3) is 33.9 Å². The maximum absolute atomic E-state index is 15.2. The van der Waals surface area contributed by atoms with Crippen LogP contribution in [0.2, 0.25) is 0 Å². The molecule has 0 amide bonds. The summed E-state index contributed by atoms with van der Waals surface area (Å²) in [7, 11) is 0. The highest BCUT2D eigenvalue weighted by molar-refractivity contribution is 5.77. The third kappa shape index (κ3) is 13.5. The molecule has 11 nitrogen and oxygen atoms in total. The van der Waals surface area contributed by atoms with Gasteiger partial charge in [-0.15, -0.1) is 0 Å². The molecule has 0 aliphatic heterocycles. The molecule has 11 saturated carbocycles. The van der Waals surface area contributed by atoms with Crippen molar-refractivity contribution in [1.82, 2.24) is 0 Å². The highest BCUT2D eigenvalue weighted by Crippen LogP contribution is 2.87. The molecule has 0 radical (unpaired) electrons. The lowest BCUT2D eigenvalue weighted by Gasteiger charge is -2.73. The molecule has 11 fully saturated rings. The van der Waals surface area contributed by atoms with Crippen LogP contribution in [0.15, 0.2) is 0 Å². The van der Waals surface area contributed by atoms with E-state index >= 15 is 4.39 Å². The summed E-state index contributed by atoms with van der Waals surface area (Å²) in [5.41, 5.74) is -53.6. The van der Waals surface area contributed by atoms with Crippen LogP contribution in [0.5, 0.6) is 0 Å². The molecule has 11 rings (SSSR count). The van der Waals surface area contributed by atoms with Crippen LogP contribution >= 0.6 is 0 Å². The summed E-state index contributed by atoms with van der Waals surface area (Å²) in [4.78, 5) is 47.5. The lowest BCUT2D eigenvalue weighted by molar-refractivity contribution is -0.593. The number of hydrogen-bond acceptors (Lipinski definition) is 11. The molecule has 8 bridgehead atoms. The average molecular weight is 1850 g/mol. The Morgan fingerprint density at radius 2 is 0.683 bits per heavy atom. The molecule has 5 atom stereocenters. The van der Waals surface area contributed by atoms with Crippen molar-refractivity contribution in [3.05, 3.63) is 0 Å². The van der Waals surface area contributed by atoms with Gasteiger partial charge in [0.1, 0.15) is 24.9 Å². The molecular formula is C67H74F42O11. The van der Waals surface area contributed by atoms with Crippen molar-refractivity contribution < 1.29 is 237 Å². The van der Waals surface area contributed by atoms with Crippen LogP contribution in [0.4, 0.5) is 184 Å². The number of alkyl halides is 42. The van der Waals surface area contributed by atoms with Crippen molar-refractivity contribution >= 4 is 23.9 Å². The van der Waals surface area contributed by atoms with Crippen molar-refractivity contribution in [3.63, 3.8) is 0 Å². The zero-order valence-corrected chi connectivity index (χ0v) is 63.6. The first-order valence-electron chi connectivity index (χ1n) is 35.1. The second kappa shape index (κ2) is 28.9. The minimum atomic E-state index is -7.45. The third-order valence-electron chi connectivity index (χ3n) is 22.5. The lowest BCUT2D eigenvalue weighted by Crippen LogP contribution is -3.08. The van der Waals surface area contributed by atoms with Crippen LogP contribution in [0.25, 0.3) is 0 Å². The number of carbonyl (C=O) groups excluding carboxylic acids is 4. The molecule has 120 heavy (non-hydrogen) atoms. The number of carbonyl (C=O) groups is 4. The Morgan fingerprint density at radius 1 is 0.367 bits per heavy atom. The zero-order chi connectivity index (χ0) is 94.8. The fourth-order valence-corrected chi connectivity index (χ4v) is 15.7. The number of ether oxygens (including phenoxy) is 6. The molecule has 0 aromatic carbocycles. The Hall–Kier alpha value is -5.18. The molecule has 1 N–H and O–H groups in total. The number of hydrogen-bond donors (Lipinski definition) is 1. The summed E-state index contributed by atoms with van der Waals surface area (Å²) in [6.45, 7) is 6.24. The first-order valence-corrected chi connectivity index (χ1v) is 35.1. The standard InChI is InChI=1S/C22H25F11O3.C17H14F14O3.C16H24F6O3.C12H11F11O2/c1-14(2,3)13(34)36-16-7-11-4-12(8-16)6-15(5-11,9-16)35-10-17(23)18(24,25)20(28,29)22(32,33)21(30,31)19(17,26)27;1-8(2,3)7(32)33-4-5-34-12-15(26,27)9(19)6(18)10(20,16(12,28)29)14(24,25)11(21,13(9,22)23)17(12,30)31;1-13(2,3)12(23)25-11(10-7-5-4-6-8-10)9-14(24,15(17,18)19)16(20,21)22;1-6(2,3)5(24)25-4-7(13)8(14,15)10(18,19)12(22,23)11(20,21)9(7,16)17/h11-12H,4-10H2,1-3H3;6H,4-5H2,1-3H3;10-11,24H,4-9H2,1-3H3;4H2,1-3H3. The normalized spacial score (nSPS) is 34.8. The van der Waals surface area contributed by atoms with E-state index in [1.807, 2.05) is 0 Å². The summed E-state index contributed by atoms with van der Waals surface area (Å²) in [6.07, 6.45) is -17.6. The smallest absolute Gasteiger partial charge is 0.426 e. The van der Waals surface area contributed by atoms with Crippen LogP contribution < -0.4 is 0 Å². The van der Waals surface area contributed by atoms with E-state index in [1.165, 1.54) is 41.5 Å². The summed E-state index contributed by atoms with van der Waals surface area (Å²) >= 11 is 0. The Balaban J connectivity index is 0.000000252. The number of esters is 4. The lowest BCUT2D eigenvalue weighted by atomic mass is 9.41. The Morgan fingerprint density at radius 3 is 1.02 bits per heavy atom. The number of rotatable bonds is 14. The zero-order valence-electron chi connectivity index (χ0n) is 63.6. The van der Waals surface area contributed by atoms with E-state index in [1.54, 1.807) is 20.8 Å². The second-order valence-electron chi connectivity index (χ2n) is 35.3. The summed E-state index contributed by atoms with van der Waals surface area (Å²) < 4.78 is 611. The van der Waals surface area contributed by atoms with Gasteiger partial charge >= 0.3 is 131 Å². The fourth-order valence-electron chi connectivity index (χ4n) is 15.7. The topological polar surface area (TPSA) is 144 Å². The van der Waals surface area contributed by atoms with Gasteiger partial charge in [-0.25, -0.2) is 26.3 Å². The molecule has 0 spiro atoms. The third-order valence-corrected chi connectivity index (χ3v) is 22.5. The number of halogens is 42. The van der Waals surface area contributed by atoms with Gasteiger partial charge < -0.3 is 33.5 Å². The molecule has 0 heterocycles. The molecule has 11 aliphatic rings. The molecule has 0 aromatic heterocycles. The van der Waals surface area contributed by atoms with Gasteiger partial charge in [-0.1, -0.05) is 19.3 Å². The highest BCUT2D eigenvalue weighted by Gasteiger charge is 3.20. The maximum atomic E-state index is 15.2. The van der Waals surface area contributed by atoms with Crippen LogP contribution in [0.1, 0.15) is 160 Å². The molecule has 702 valence electrons. The highest BCUT2D eigenvalue weighted by atomic mass is 19.4. The monoisotopic (exact) mass is 1850 g/mol. The van der Waals surface area contributed by atoms with Gasteiger partial charge in [0.15, 0.2) is 6.17 Å². The van der Waals surface area contributed by atoms with Gasteiger partial charge in [0.2, 0.25) is 0 Å². The quantitative estimate of drug-likeness (QED) is 0.0768. The second-order valence-corrected chi connectivity index (χ2v) is 35.3. The predicted molar refractivity (Wildman–Crippen MR) is 317 cm³/mol. The Bertz CT molecular complexity index is 3690. The van der Waals surface area contributed by atoms with Crippen molar-refractivity contribution in [2.24, 2.45) is 39.4 Å². The molecule has 53 heteroatoms. The van der Waals surface area contributed by atoms with Crippen molar-refractivity contribution in [3.8, 4) is 0 Å². The van der Waals surface area contributed by atoms with E-state index in [-0.39, 0.29) is 31.1 Å². The molecular weight excluding hydrogens is 1780 g/mol. The van der Waals surface area contributed by atoms with E-state index in [0.717, 1.165) is 27.2 Å². The minimum Gasteiger partial charge on any atom is -0.463 e. The molecule has 11 aliphatic carbocycles. The Kier molecular flexibility index (Phi) is 25.0. The van der Waals surface area contributed by atoms with Gasteiger partial charge in [0.05, 0.1) is 40.5 Å². The van der Waals surface area contributed by atoms with E-state index in [9.17, 15) is 204 Å². The van der Waals surface area contributed by atoms with Gasteiger partial charge in [-0.05, 0) is 146 Å². The Labute approximate surface area is 650 Å². The molecule has 0 aromatic rings. The van der Waals surface area contributed by atoms with E-state index in [2.05, 4.69) is 14.2 Å². The van der Waals surface area contributed by atoms with Gasteiger partial charge in [-0.2, -0.15) is 158 Å². The minimum absolute atomic E-state index is 0.0471. The summed E-state index contributed by atoms with van der Waals surface area (Å²) in [5.74, 6) is -114. The van der Waals surface area contributed by atoms with E-state index in [0.29, 0.717) is 44.9 Å². The predicted octanol–water partition coefficient (Wildman–Crippen LogP) is 20.8. The largest absolute Gasteiger partial charge is 0.463 e. The fraction of sp³-hybridized carbons (Fsp3) is 0.940. The van der Waals surface area contributed by atoms with Crippen LogP contribution in [-0.2, 0) is 47.6 Å². The first kappa shape index (κ1) is 104. The van der Waals surface area contributed by atoms with Crippen molar-refractivity contribution in [2.75, 3.05) is 26.4 Å². The van der Waals surface area contributed by atoms with Gasteiger partial charge in [0, 0.05) is 12.8 Å². The van der Waals surface area contributed by atoms with E-state index in [4.69, 9.17) is 14.2 Å². The van der Waals surface area contributed by atoms with Crippen LogP contribution in [-0.4, -0.2) is 220 Å². The average Bonchev–Trinajstić information content (AvgIpc) is 0.592. The van der Waals surface area contributed by atoms with Crippen molar-refractivity contribution in [1.29, 1.82) is 0 Å². The molecule has 0 saturated heterocycles. The summed E-state index contributed by atoms with van der Waals surface area (Å²) in [6, 6.07) is 0. The van der Waals surface area contributed by atoms with Gasteiger partial charge in [-0.3, -0.25) is 19.2 Å². The van der Waals surface area contributed by atoms with Crippen LogP contribution in [0, 0.1) is 39.4 Å². The molecule has 5 unspecified atom stereocenters. The van der Waals surface area contributed by atoms with Crippen LogP contribution in [0.3, 0.4) is 0 Å². The SMILES string of the molecule is CC(C)(C)C(=O)OC(CC(O)(C(F)(F)F)C(F)(F)F)C1CCCCC1.CC(C)(C)C(=O)OC12CC3CC(CC(OCC4(F)C(F)(F)C(F)(F)C(F)(F)C(F)(F)C4(F)F)(C3)C1)C2.CC(C)(C)C(=O)OCC1(F)C(F)(F)C(F)(F)C(F)(F)C(F)(F)C1(F)F.CC(C)(C)C(=O)OCCOC12C(F)(F)C3(F)C(F)C(F)(C(F)(F)C(F)(C3(F)F)C1(F)F)C2(F)F. The maximum Gasteiger partial charge on any atom is 0.426 e.